The molecule has 3 rings (SSSR count). The molecule has 2 amide bonds. The fraction of sp³-hybridized carbons (Fsp3) is 0.300. The van der Waals surface area contributed by atoms with Gasteiger partial charge in [0.05, 0.1) is 0 Å². The first-order valence-corrected chi connectivity index (χ1v) is 9.74. The van der Waals surface area contributed by atoms with Gasteiger partial charge in [0.2, 0.25) is 0 Å². The number of likely N-dealkylation sites (N-methyl/N-ethyl adjacent to an activating group) is 1. The summed E-state index contributed by atoms with van der Waals surface area (Å²) in [5, 5.41) is 0. The van der Waals surface area contributed by atoms with Crippen LogP contribution < -0.4 is 9.30 Å². The summed E-state index contributed by atoms with van der Waals surface area (Å²) in [4.78, 5) is 30.7. The van der Waals surface area contributed by atoms with E-state index in [1.54, 1.807) is 4.90 Å². The molecule has 1 aliphatic rings. The SMILES string of the molecule is CN(C(=O)CN1CCN(C(=O)c2ccccc2)CC1)c1cc[c]([Ge+3])cc1.[OH-].[OH-].[OH-]. The summed E-state index contributed by atoms with van der Waals surface area (Å²) in [5.74, 6) is 0.130. The van der Waals surface area contributed by atoms with Crippen LogP contribution in [0.2, 0.25) is 0 Å². The first-order chi connectivity index (χ1) is 12.5. The van der Waals surface area contributed by atoms with Gasteiger partial charge in [-0.3, -0.25) is 4.79 Å². The van der Waals surface area contributed by atoms with E-state index in [1.807, 2.05) is 83.1 Å². The van der Waals surface area contributed by atoms with Gasteiger partial charge in [0.25, 0.3) is 0 Å². The third-order valence-corrected chi connectivity index (χ3v) is 5.37. The van der Waals surface area contributed by atoms with Crippen molar-refractivity contribution in [2.75, 3.05) is 44.7 Å². The Morgan fingerprint density at radius 2 is 1.45 bits per heavy atom. The number of amides is 2. The molecule has 8 nitrogen and oxygen atoms in total. The molecule has 3 N–H and O–H groups in total. The third kappa shape index (κ3) is 6.95. The van der Waals surface area contributed by atoms with E-state index in [4.69, 9.17) is 0 Å². The van der Waals surface area contributed by atoms with Crippen molar-refractivity contribution in [1.29, 1.82) is 0 Å². The van der Waals surface area contributed by atoms with E-state index in [2.05, 4.69) is 4.90 Å². The van der Waals surface area contributed by atoms with E-state index in [1.165, 1.54) is 4.40 Å². The number of rotatable bonds is 4. The van der Waals surface area contributed by atoms with Gasteiger partial charge in [0.1, 0.15) is 0 Å². The molecular weight excluding hydrogens is 435 g/mol. The number of nitrogens with zero attached hydrogens (tertiary/aromatic N) is 3. The molecular formula is C20H25GeN3O5. The van der Waals surface area contributed by atoms with Crippen molar-refractivity contribution in [3.63, 3.8) is 0 Å². The molecule has 0 aromatic heterocycles. The second-order valence-electron chi connectivity index (χ2n) is 6.43. The number of benzene rings is 2. The molecule has 0 atom stereocenters. The van der Waals surface area contributed by atoms with E-state index < -0.39 is 0 Å². The summed E-state index contributed by atoms with van der Waals surface area (Å²) in [5.41, 5.74) is 1.62. The molecule has 0 spiro atoms. The van der Waals surface area contributed by atoms with E-state index >= 15 is 0 Å². The Kier molecular flexibility index (Phi) is 11.4. The van der Waals surface area contributed by atoms with E-state index in [-0.39, 0.29) is 28.2 Å². The predicted octanol–water partition coefficient (Wildman–Crippen LogP) is 0.371. The van der Waals surface area contributed by atoms with Crippen molar-refractivity contribution in [3.05, 3.63) is 60.2 Å². The third-order valence-electron chi connectivity index (χ3n) is 4.67. The van der Waals surface area contributed by atoms with Crippen molar-refractivity contribution in [2.24, 2.45) is 0 Å². The quantitative estimate of drug-likeness (QED) is 0.606. The molecule has 29 heavy (non-hydrogen) atoms. The zero-order chi connectivity index (χ0) is 18.5. The smallest absolute Gasteiger partial charge is 0.870 e. The van der Waals surface area contributed by atoms with E-state index in [0.29, 0.717) is 32.7 Å². The Morgan fingerprint density at radius 1 is 0.897 bits per heavy atom. The van der Waals surface area contributed by atoms with Crippen LogP contribution in [-0.4, -0.2) is 94.3 Å². The maximum atomic E-state index is 12.5. The standard InChI is InChI=1S/C20H22GeN3O2.3H2O/c1-22(18-9-7-17(21)8-10-18)19(25)15-23-11-13-24(14-12-23)20(26)16-5-3-2-4-6-16;;;/h2-10H,11-15H2,1H3;3*1H2/q+3;;;/p-3. The van der Waals surface area contributed by atoms with Crippen LogP contribution in [0.15, 0.2) is 54.6 Å². The van der Waals surface area contributed by atoms with Crippen molar-refractivity contribution >= 4 is 38.4 Å². The normalized spacial score (nSPS) is 13.4. The van der Waals surface area contributed by atoms with Crippen LogP contribution in [0.25, 0.3) is 0 Å². The number of piperazine rings is 1. The maximum Gasteiger partial charge on any atom is -0.870 e. The molecule has 154 valence electrons. The van der Waals surface area contributed by atoms with Gasteiger partial charge in [-0.25, -0.2) is 0 Å². The number of hydrogen-bond acceptors (Lipinski definition) is 6. The van der Waals surface area contributed by atoms with Crippen molar-refractivity contribution < 1.29 is 26.0 Å². The van der Waals surface area contributed by atoms with Crippen LogP contribution in [0.1, 0.15) is 10.4 Å². The minimum absolute atomic E-state index is 0. The summed E-state index contributed by atoms with van der Waals surface area (Å²) in [6, 6.07) is 17.3. The summed E-state index contributed by atoms with van der Waals surface area (Å²) in [7, 11) is 1.81. The summed E-state index contributed by atoms with van der Waals surface area (Å²) < 4.78 is 1.17. The van der Waals surface area contributed by atoms with E-state index in [0.717, 1.165) is 11.3 Å². The molecule has 1 heterocycles. The van der Waals surface area contributed by atoms with Gasteiger partial charge in [0.15, 0.2) is 0 Å². The molecule has 9 heteroatoms. The first-order valence-electron chi connectivity index (χ1n) is 8.69. The van der Waals surface area contributed by atoms with Crippen LogP contribution in [0, 0.1) is 0 Å². The van der Waals surface area contributed by atoms with Gasteiger partial charge in [-0.2, -0.15) is 0 Å². The molecule has 1 aliphatic heterocycles. The second kappa shape index (κ2) is 12.4. The van der Waals surface area contributed by atoms with Crippen LogP contribution in [-0.2, 0) is 4.79 Å². The average Bonchev–Trinajstić information content (AvgIpc) is 2.68. The van der Waals surface area contributed by atoms with Gasteiger partial charge < -0.3 is 16.4 Å². The largest absolute Gasteiger partial charge is 0.870 e. The number of anilines is 1. The topological polar surface area (TPSA) is 134 Å². The van der Waals surface area contributed by atoms with Crippen LogP contribution in [0.4, 0.5) is 5.69 Å². The molecule has 2 aromatic rings. The molecule has 1 saturated heterocycles. The van der Waals surface area contributed by atoms with Crippen molar-refractivity contribution in [2.45, 2.75) is 0 Å². The van der Waals surface area contributed by atoms with Crippen LogP contribution in [0.5, 0.6) is 0 Å². The molecule has 1 fully saturated rings. The first kappa shape index (κ1) is 26.8. The predicted molar refractivity (Wildman–Crippen MR) is 110 cm³/mol. The van der Waals surface area contributed by atoms with Crippen LogP contribution in [0.3, 0.4) is 0 Å². The minimum atomic E-state index is 0. The van der Waals surface area contributed by atoms with Gasteiger partial charge >= 0.3 is 122 Å². The van der Waals surface area contributed by atoms with Crippen LogP contribution >= 0.6 is 0 Å². The molecule has 2 aromatic carbocycles. The molecule has 0 aliphatic carbocycles. The summed E-state index contributed by atoms with van der Waals surface area (Å²) in [6.45, 7) is 3.10. The summed E-state index contributed by atoms with van der Waals surface area (Å²) >= 11 is 2.03. The maximum absolute atomic E-state index is 12.5. The fourth-order valence-corrected chi connectivity index (χ4v) is 3.35. The molecule has 0 radical (unpaired) electrons. The van der Waals surface area contributed by atoms with Gasteiger partial charge in [-0.1, -0.05) is 18.2 Å². The van der Waals surface area contributed by atoms with Crippen molar-refractivity contribution in [3.8, 4) is 0 Å². The minimum Gasteiger partial charge on any atom is -0.870 e. The Labute approximate surface area is 179 Å². The van der Waals surface area contributed by atoms with Gasteiger partial charge in [0, 0.05) is 5.56 Å². The summed E-state index contributed by atoms with van der Waals surface area (Å²) in [6.07, 6.45) is 0. The molecule has 0 unspecified atom stereocenters. The molecule has 0 bridgehead atoms. The zero-order valence-corrected chi connectivity index (χ0v) is 18.3. The Morgan fingerprint density at radius 3 is 2.00 bits per heavy atom. The fourth-order valence-electron chi connectivity index (χ4n) is 3.00. The average molecular weight is 460 g/mol. The van der Waals surface area contributed by atoms with Gasteiger partial charge in [-0.15, -0.1) is 0 Å². The Balaban J connectivity index is 0.00000261. The second-order valence-corrected chi connectivity index (χ2v) is 7.65. The Bertz CT molecular complexity index is 765. The van der Waals surface area contributed by atoms with Crippen molar-refractivity contribution in [1.82, 2.24) is 9.80 Å². The van der Waals surface area contributed by atoms with E-state index in [9.17, 15) is 9.59 Å². The number of carbonyl (C=O) groups excluding carboxylic acids is 2. The number of carbonyl (C=O) groups is 2. The van der Waals surface area contributed by atoms with Gasteiger partial charge in [-0.05, 0) is 12.1 Å². The Hall–Kier alpha value is -2.24. The molecule has 0 saturated carbocycles. The number of hydrogen-bond donors (Lipinski definition) is 0. The monoisotopic (exact) mass is 461 g/mol. The zero-order valence-electron chi connectivity index (χ0n) is 16.2.